The van der Waals surface area contributed by atoms with Gasteiger partial charge in [-0.05, 0) is 55.8 Å². The number of fused-ring (bicyclic) bond motifs is 16. The van der Waals surface area contributed by atoms with E-state index in [1.54, 1.807) is 0 Å². The molecule has 7 aromatic rings. The number of furan rings is 1. The first-order chi connectivity index (χ1) is 17.9. The predicted octanol–water partition coefficient (Wildman–Crippen LogP) is 9.08. The molecule has 2 aliphatic carbocycles. The Kier molecular flexibility index (Phi) is 3.28. The highest BCUT2D eigenvalue weighted by atomic mass is 16.3. The summed E-state index contributed by atoms with van der Waals surface area (Å²) >= 11 is 0. The molecule has 0 bridgehead atoms. The van der Waals surface area contributed by atoms with Crippen LogP contribution in [-0.2, 0) is 5.41 Å². The Bertz CT molecular complexity index is 2010. The summed E-state index contributed by atoms with van der Waals surface area (Å²) in [5.74, 6) is 0. The monoisotopic (exact) mass is 456 g/mol. The third kappa shape index (κ3) is 1.98. The van der Waals surface area contributed by atoms with Gasteiger partial charge >= 0.3 is 0 Å². The normalized spacial score (nSPS) is 14.3. The van der Waals surface area contributed by atoms with Crippen molar-refractivity contribution in [2.24, 2.45) is 0 Å². The van der Waals surface area contributed by atoms with Crippen molar-refractivity contribution in [1.82, 2.24) is 0 Å². The molecule has 1 aromatic heterocycles. The Labute approximate surface area is 208 Å². The molecule has 1 heteroatoms. The van der Waals surface area contributed by atoms with E-state index in [0.717, 1.165) is 11.2 Å². The maximum Gasteiger partial charge on any atom is 0.143 e. The SMILES string of the molecule is c1ccc2c(c1)-c1ccccc1C21c2ccc3ccccc3c2-c2c1ccc1c2oc2ccccc21. The molecule has 0 unspecified atom stereocenters. The minimum absolute atomic E-state index is 0.366. The molecular weight excluding hydrogens is 436 g/mol. The molecule has 0 aliphatic heterocycles. The second-order valence-electron chi connectivity index (χ2n) is 10.0. The third-order valence-corrected chi connectivity index (χ3v) is 8.49. The zero-order valence-electron chi connectivity index (χ0n) is 19.5. The fraction of sp³-hybridized carbons (Fsp3) is 0.0286. The Hall–Kier alpha value is -4.62. The van der Waals surface area contributed by atoms with Gasteiger partial charge in [0.15, 0.2) is 0 Å². The van der Waals surface area contributed by atoms with Gasteiger partial charge in [0, 0.05) is 16.3 Å². The van der Waals surface area contributed by atoms with Gasteiger partial charge in [0.25, 0.3) is 0 Å². The van der Waals surface area contributed by atoms with Crippen molar-refractivity contribution in [3.8, 4) is 22.3 Å². The largest absolute Gasteiger partial charge is 0.455 e. The number of rotatable bonds is 0. The molecule has 1 spiro atoms. The Morgan fingerprint density at radius 3 is 1.83 bits per heavy atom. The lowest BCUT2D eigenvalue weighted by molar-refractivity contribution is 0.669. The van der Waals surface area contributed by atoms with Crippen LogP contribution < -0.4 is 0 Å². The molecule has 1 nitrogen and oxygen atoms in total. The van der Waals surface area contributed by atoms with Crippen molar-refractivity contribution >= 4 is 32.7 Å². The second kappa shape index (κ2) is 6.33. The molecule has 0 atom stereocenters. The summed E-state index contributed by atoms with van der Waals surface area (Å²) in [5.41, 5.74) is 12.1. The average molecular weight is 457 g/mol. The summed E-state index contributed by atoms with van der Waals surface area (Å²) < 4.78 is 6.68. The summed E-state index contributed by atoms with van der Waals surface area (Å²) in [5, 5.41) is 4.89. The molecule has 0 N–H and O–H groups in total. The van der Waals surface area contributed by atoms with Gasteiger partial charge in [-0.1, -0.05) is 115 Å². The summed E-state index contributed by atoms with van der Waals surface area (Å²) in [6, 6.07) is 44.4. The fourth-order valence-electron chi connectivity index (χ4n) is 7.16. The fourth-order valence-corrected chi connectivity index (χ4v) is 7.16. The van der Waals surface area contributed by atoms with Crippen LogP contribution >= 0.6 is 0 Å². The Morgan fingerprint density at radius 1 is 0.417 bits per heavy atom. The van der Waals surface area contributed by atoms with E-state index in [4.69, 9.17) is 4.42 Å². The first-order valence-corrected chi connectivity index (χ1v) is 12.5. The van der Waals surface area contributed by atoms with Crippen LogP contribution in [-0.4, -0.2) is 0 Å². The topological polar surface area (TPSA) is 13.1 Å². The summed E-state index contributed by atoms with van der Waals surface area (Å²) in [6.45, 7) is 0. The van der Waals surface area contributed by atoms with Gasteiger partial charge in [-0.2, -0.15) is 0 Å². The molecule has 0 amide bonds. The standard InChI is InChI=1S/C35H20O/c1-2-10-22-21(9-1)17-19-29-32(22)33-30(20-18-26-25-13-5-8-16-31(25)36-34(26)33)35(29)27-14-6-3-11-23(27)24-12-4-7-15-28(24)35/h1-20H. The highest BCUT2D eigenvalue weighted by molar-refractivity contribution is 6.17. The van der Waals surface area contributed by atoms with Crippen LogP contribution in [0, 0.1) is 0 Å². The molecule has 1 heterocycles. The molecule has 0 saturated heterocycles. The quantitative estimate of drug-likeness (QED) is 0.222. The zero-order chi connectivity index (χ0) is 23.4. The van der Waals surface area contributed by atoms with Crippen LogP contribution in [0.3, 0.4) is 0 Å². The average Bonchev–Trinajstić information content (AvgIpc) is 3.57. The van der Waals surface area contributed by atoms with Crippen molar-refractivity contribution in [3.63, 3.8) is 0 Å². The van der Waals surface area contributed by atoms with E-state index < -0.39 is 0 Å². The highest BCUT2D eigenvalue weighted by Crippen LogP contribution is 2.64. The van der Waals surface area contributed by atoms with E-state index >= 15 is 0 Å². The molecular formula is C35H20O. The smallest absolute Gasteiger partial charge is 0.143 e. The van der Waals surface area contributed by atoms with Gasteiger partial charge in [0.05, 0.1) is 5.41 Å². The van der Waals surface area contributed by atoms with Gasteiger partial charge in [-0.15, -0.1) is 0 Å². The van der Waals surface area contributed by atoms with Crippen molar-refractivity contribution in [3.05, 3.63) is 144 Å². The molecule has 0 radical (unpaired) electrons. The van der Waals surface area contributed by atoms with Crippen LogP contribution in [0.5, 0.6) is 0 Å². The summed E-state index contributed by atoms with van der Waals surface area (Å²) in [7, 11) is 0. The van der Waals surface area contributed by atoms with Crippen molar-refractivity contribution in [2.45, 2.75) is 5.41 Å². The zero-order valence-corrected chi connectivity index (χ0v) is 19.5. The minimum atomic E-state index is -0.366. The lowest BCUT2D eigenvalue weighted by Gasteiger charge is -2.30. The van der Waals surface area contributed by atoms with Gasteiger partial charge in [0.1, 0.15) is 11.2 Å². The van der Waals surface area contributed by atoms with Gasteiger partial charge in [-0.3, -0.25) is 0 Å². The van der Waals surface area contributed by atoms with Crippen LogP contribution in [0.15, 0.2) is 126 Å². The number of benzene rings is 6. The minimum Gasteiger partial charge on any atom is -0.455 e. The van der Waals surface area contributed by atoms with E-state index in [1.165, 1.54) is 66.1 Å². The third-order valence-electron chi connectivity index (χ3n) is 8.49. The molecule has 2 aliphatic rings. The van der Waals surface area contributed by atoms with Crippen molar-refractivity contribution in [2.75, 3.05) is 0 Å². The van der Waals surface area contributed by atoms with E-state index in [1.807, 2.05) is 0 Å². The van der Waals surface area contributed by atoms with Crippen LogP contribution in [0.4, 0.5) is 0 Å². The number of para-hydroxylation sites is 1. The molecule has 9 rings (SSSR count). The van der Waals surface area contributed by atoms with Crippen molar-refractivity contribution in [1.29, 1.82) is 0 Å². The number of hydrogen-bond donors (Lipinski definition) is 0. The van der Waals surface area contributed by atoms with Gasteiger partial charge < -0.3 is 4.42 Å². The number of hydrogen-bond acceptors (Lipinski definition) is 1. The van der Waals surface area contributed by atoms with Crippen LogP contribution in [0.1, 0.15) is 22.3 Å². The molecule has 166 valence electrons. The van der Waals surface area contributed by atoms with Gasteiger partial charge in [0.2, 0.25) is 0 Å². The van der Waals surface area contributed by atoms with E-state index in [0.29, 0.717) is 0 Å². The Morgan fingerprint density at radius 2 is 1.03 bits per heavy atom. The van der Waals surface area contributed by atoms with E-state index in [2.05, 4.69) is 121 Å². The van der Waals surface area contributed by atoms with Gasteiger partial charge in [-0.25, -0.2) is 0 Å². The summed E-state index contributed by atoms with van der Waals surface area (Å²) in [6.07, 6.45) is 0. The highest BCUT2D eigenvalue weighted by Gasteiger charge is 2.52. The molecule has 0 saturated carbocycles. The maximum atomic E-state index is 6.68. The molecule has 0 fully saturated rings. The first-order valence-electron chi connectivity index (χ1n) is 12.5. The van der Waals surface area contributed by atoms with Crippen LogP contribution in [0.2, 0.25) is 0 Å². The lowest BCUT2D eigenvalue weighted by Crippen LogP contribution is -2.25. The predicted molar refractivity (Wildman–Crippen MR) is 148 cm³/mol. The van der Waals surface area contributed by atoms with E-state index in [9.17, 15) is 0 Å². The molecule has 36 heavy (non-hydrogen) atoms. The van der Waals surface area contributed by atoms with Crippen LogP contribution in [0.25, 0.3) is 55.0 Å². The molecule has 6 aromatic carbocycles. The second-order valence-corrected chi connectivity index (χ2v) is 10.0. The lowest BCUT2D eigenvalue weighted by atomic mass is 9.70. The van der Waals surface area contributed by atoms with E-state index in [-0.39, 0.29) is 5.41 Å². The Balaban J connectivity index is 1.57. The van der Waals surface area contributed by atoms with Crippen molar-refractivity contribution < 1.29 is 4.42 Å². The summed E-state index contributed by atoms with van der Waals surface area (Å²) in [4.78, 5) is 0. The first kappa shape index (κ1) is 18.7. The maximum absolute atomic E-state index is 6.68.